The smallest absolute Gasteiger partial charge is 0.129 e. The van der Waals surface area contributed by atoms with Crippen LogP contribution in [0.5, 0.6) is 0 Å². The fraction of sp³-hybridized carbons (Fsp3) is 0.733. The van der Waals surface area contributed by atoms with Crippen LogP contribution in [0.4, 0.5) is 5.82 Å². The Morgan fingerprint density at radius 2 is 1.95 bits per heavy atom. The van der Waals surface area contributed by atoms with E-state index in [2.05, 4.69) is 36.1 Å². The second-order valence-electron chi connectivity index (χ2n) is 6.23. The maximum absolute atomic E-state index is 9.68. The van der Waals surface area contributed by atoms with E-state index in [9.17, 15) is 5.11 Å². The standard InChI is InChI=1S/C15H27N3O/c1-11(2)13-9-14(17-10-16-13)18-12(3)7-6-8-15(4,5)19/h9-12,19H,6-8H2,1-5H3,(H,16,17,18)/t12-/m0/s1. The van der Waals surface area contributed by atoms with Crippen molar-refractivity contribution in [1.82, 2.24) is 9.97 Å². The summed E-state index contributed by atoms with van der Waals surface area (Å²) in [5.74, 6) is 1.29. The van der Waals surface area contributed by atoms with Gasteiger partial charge in [-0.05, 0) is 46.0 Å². The number of anilines is 1. The van der Waals surface area contributed by atoms with Crippen molar-refractivity contribution in [2.24, 2.45) is 0 Å². The summed E-state index contributed by atoms with van der Waals surface area (Å²) in [7, 11) is 0. The molecule has 1 heterocycles. The van der Waals surface area contributed by atoms with E-state index in [1.807, 2.05) is 19.9 Å². The molecule has 2 N–H and O–H groups in total. The lowest BCUT2D eigenvalue weighted by Crippen LogP contribution is -2.21. The van der Waals surface area contributed by atoms with E-state index in [0.717, 1.165) is 30.8 Å². The summed E-state index contributed by atoms with van der Waals surface area (Å²) in [4.78, 5) is 8.50. The highest BCUT2D eigenvalue weighted by molar-refractivity contribution is 5.36. The summed E-state index contributed by atoms with van der Waals surface area (Å²) in [6, 6.07) is 2.36. The molecule has 0 radical (unpaired) electrons. The van der Waals surface area contributed by atoms with Gasteiger partial charge in [-0.3, -0.25) is 0 Å². The normalized spacial score (nSPS) is 13.6. The van der Waals surface area contributed by atoms with Crippen LogP contribution in [0.1, 0.15) is 65.5 Å². The average Bonchev–Trinajstić information content (AvgIpc) is 2.27. The Morgan fingerprint density at radius 1 is 1.26 bits per heavy atom. The predicted molar refractivity (Wildman–Crippen MR) is 79.4 cm³/mol. The highest BCUT2D eigenvalue weighted by Crippen LogP contribution is 2.17. The molecule has 4 heteroatoms. The Labute approximate surface area is 116 Å². The Bertz CT molecular complexity index is 385. The summed E-state index contributed by atoms with van der Waals surface area (Å²) in [5.41, 5.74) is 0.487. The summed E-state index contributed by atoms with van der Waals surface area (Å²) in [6.07, 6.45) is 4.45. The van der Waals surface area contributed by atoms with Crippen LogP contribution >= 0.6 is 0 Å². The number of hydrogen-bond acceptors (Lipinski definition) is 4. The van der Waals surface area contributed by atoms with Gasteiger partial charge in [-0.2, -0.15) is 0 Å². The molecule has 1 aromatic heterocycles. The molecule has 0 aromatic carbocycles. The molecule has 0 amide bonds. The van der Waals surface area contributed by atoms with Gasteiger partial charge in [-0.15, -0.1) is 0 Å². The van der Waals surface area contributed by atoms with Gasteiger partial charge >= 0.3 is 0 Å². The predicted octanol–water partition coefficient (Wildman–Crippen LogP) is 3.34. The number of rotatable bonds is 7. The molecule has 1 atom stereocenters. The third-order valence-electron chi connectivity index (χ3n) is 3.10. The van der Waals surface area contributed by atoms with E-state index >= 15 is 0 Å². The first-order valence-corrected chi connectivity index (χ1v) is 7.09. The van der Waals surface area contributed by atoms with E-state index < -0.39 is 5.60 Å². The molecule has 108 valence electrons. The van der Waals surface area contributed by atoms with E-state index in [1.165, 1.54) is 0 Å². The molecule has 0 saturated heterocycles. The van der Waals surface area contributed by atoms with Crippen LogP contribution < -0.4 is 5.32 Å². The molecular formula is C15H27N3O. The van der Waals surface area contributed by atoms with Gasteiger partial charge in [0.15, 0.2) is 0 Å². The zero-order valence-corrected chi connectivity index (χ0v) is 12.8. The fourth-order valence-corrected chi connectivity index (χ4v) is 1.93. The first kappa shape index (κ1) is 15.9. The zero-order valence-electron chi connectivity index (χ0n) is 12.8. The molecule has 4 nitrogen and oxygen atoms in total. The van der Waals surface area contributed by atoms with E-state index in [-0.39, 0.29) is 0 Å². The Hall–Kier alpha value is -1.16. The molecule has 1 rings (SSSR count). The van der Waals surface area contributed by atoms with Crippen LogP contribution in [0.25, 0.3) is 0 Å². The van der Waals surface area contributed by atoms with Gasteiger partial charge in [0, 0.05) is 17.8 Å². The van der Waals surface area contributed by atoms with Gasteiger partial charge in [0.25, 0.3) is 0 Å². The Kier molecular flexibility index (Phi) is 5.73. The minimum absolute atomic E-state index is 0.345. The topological polar surface area (TPSA) is 58.0 Å². The van der Waals surface area contributed by atoms with Crippen molar-refractivity contribution >= 4 is 5.82 Å². The third kappa shape index (κ3) is 6.53. The Balaban J connectivity index is 2.44. The molecule has 0 unspecified atom stereocenters. The van der Waals surface area contributed by atoms with Crippen LogP contribution in [0.2, 0.25) is 0 Å². The second-order valence-corrected chi connectivity index (χ2v) is 6.23. The van der Waals surface area contributed by atoms with Gasteiger partial charge in [-0.25, -0.2) is 9.97 Å². The molecule has 0 saturated carbocycles. The van der Waals surface area contributed by atoms with Crippen molar-refractivity contribution in [3.63, 3.8) is 0 Å². The van der Waals surface area contributed by atoms with Crippen LogP contribution in [-0.4, -0.2) is 26.7 Å². The summed E-state index contributed by atoms with van der Waals surface area (Å²) in [6.45, 7) is 10.1. The SMILES string of the molecule is CC(C)c1cc(N[C@@H](C)CCCC(C)(C)O)ncn1. The maximum atomic E-state index is 9.68. The van der Waals surface area contributed by atoms with Crippen LogP contribution in [-0.2, 0) is 0 Å². The average molecular weight is 265 g/mol. The fourth-order valence-electron chi connectivity index (χ4n) is 1.93. The molecule has 0 aliphatic carbocycles. The molecule has 0 fully saturated rings. The van der Waals surface area contributed by atoms with Gasteiger partial charge in [0.1, 0.15) is 12.1 Å². The van der Waals surface area contributed by atoms with Gasteiger partial charge in [0.2, 0.25) is 0 Å². The van der Waals surface area contributed by atoms with Crippen molar-refractivity contribution in [1.29, 1.82) is 0 Å². The number of nitrogens with one attached hydrogen (secondary N) is 1. The third-order valence-corrected chi connectivity index (χ3v) is 3.10. The van der Waals surface area contributed by atoms with Gasteiger partial charge in [-0.1, -0.05) is 13.8 Å². The van der Waals surface area contributed by atoms with E-state index in [1.54, 1.807) is 6.33 Å². The first-order valence-electron chi connectivity index (χ1n) is 7.09. The number of aliphatic hydroxyl groups is 1. The molecule has 0 aliphatic heterocycles. The number of aromatic nitrogens is 2. The molecule has 19 heavy (non-hydrogen) atoms. The van der Waals surface area contributed by atoms with Crippen molar-refractivity contribution in [3.8, 4) is 0 Å². The van der Waals surface area contributed by atoms with E-state index in [4.69, 9.17) is 0 Å². The first-order chi connectivity index (χ1) is 8.78. The highest BCUT2D eigenvalue weighted by atomic mass is 16.3. The lowest BCUT2D eigenvalue weighted by Gasteiger charge is -2.19. The van der Waals surface area contributed by atoms with Crippen molar-refractivity contribution in [2.45, 2.75) is 71.4 Å². The van der Waals surface area contributed by atoms with Crippen molar-refractivity contribution < 1.29 is 5.11 Å². The number of hydrogen-bond donors (Lipinski definition) is 2. The quantitative estimate of drug-likeness (QED) is 0.794. The summed E-state index contributed by atoms with van der Waals surface area (Å²) < 4.78 is 0. The van der Waals surface area contributed by atoms with Crippen LogP contribution in [0, 0.1) is 0 Å². The van der Waals surface area contributed by atoms with Crippen LogP contribution in [0.3, 0.4) is 0 Å². The maximum Gasteiger partial charge on any atom is 0.129 e. The van der Waals surface area contributed by atoms with Gasteiger partial charge < -0.3 is 10.4 Å². The second kappa shape index (κ2) is 6.85. The minimum atomic E-state index is -0.570. The van der Waals surface area contributed by atoms with Crippen molar-refractivity contribution in [3.05, 3.63) is 18.1 Å². The Morgan fingerprint density at radius 3 is 2.53 bits per heavy atom. The van der Waals surface area contributed by atoms with Gasteiger partial charge in [0.05, 0.1) is 5.60 Å². The molecule has 0 bridgehead atoms. The lowest BCUT2D eigenvalue weighted by molar-refractivity contribution is 0.0680. The molecule has 0 aliphatic rings. The highest BCUT2D eigenvalue weighted by Gasteiger charge is 2.13. The van der Waals surface area contributed by atoms with Crippen molar-refractivity contribution in [2.75, 3.05) is 5.32 Å². The monoisotopic (exact) mass is 265 g/mol. The zero-order chi connectivity index (χ0) is 14.5. The summed E-state index contributed by atoms with van der Waals surface area (Å²) in [5, 5.41) is 13.1. The lowest BCUT2D eigenvalue weighted by atomic mass is 10.00. The van der Waals surface area contributed by atoms with E-state index in [0.29, 0.717) is 12.0 Å². The number of nitrogens with zero attached hydrogens (tertiary/aromatic N) is 2. The van der Waals surface area contributed by atoms with Crippen LogP contribution in [0.15, 0.2) is 12.4 Å². The summed E-state index contributed by atoms with van der Waals surface area (Å²) >= 11 is 0. The molecule has 0 spiro atoms. The molecular weight excluding hydrogens is 238 g/mol. The minimum Gasteiger partial charge on any atom is -0.390 e. The largest absolute Gasteiger partial charge is 0.390 e. The molecule has 1 aromatic rings.